The number of hydrogen-bond donors (Lipinski definition) is 0. The minimum atomic E-state index is -0.175. The van der Waals surface area contributed by atoms with E-state index in [9.17, 15) is 0 Å². The van der Waals surface area contributed by atoms with Gasteiger partial charge in [-0.2, -0.15) is 0 Å². The van der Waals surface area contributed by atoms with Crippen LogP contribution in [0.4, 0.5) is 17.1 Å². The van der Waals surface area contributed by atoms with E-state index in [1.54, 1.807) is 23.5 Å². The Labute approximate surface area is 316 Å². The molecule has 15 atom stereocenters. The molecule has 0 amide bonds. The van der Waals surface area contributed by atoms with Gasteiger partial charge in [-0.25, -0.2) is 0 Å². The summed E-state index contributed by atoms with van der Waals surface area (Å²) in [4.78, 5) is 0. The third kappa shape index (κ3) is 6.74. The van der Waals surface area contributed by atoms with Gasteiger partial charge in [0, 0.05) is 57.4 Å². The molecule has 1 aromatic carbocycles. The summed E-state index contributed by atoms with van der Waals surface area (Å²) in [6, 6.07) is 8.68. The molecule has 9 heteroatoms. The molecule has 0 aliphatic carbocycles. The Hall–Kier alpha value is 1.20. The van der Waals surface area contributed by atoms with Gasteiger partial charge < -0.3 is 13.3 Å². The van der Waals surface area contributed by atoms with Crippen molar-refractivity contribution in [3.05, 3.63) is 18.2 Å². The van der Waals surface area contributed by atoms with E-state index in [2.05, 4.69) is 101 Å². The van der Waals surface area contributed by atoms with Crippen LogP contribution in [0.25, 0.3) is 0 Å². The third-order valence-corrected chi connectivity index (χ3v) is 36.2. The van der Waals surface area contributed by atoms with Gasteiger partial charge in [-0.3, -0.25) is 0 Å². The standard InChI is InChI=1S/C41H71N3P6/c1-27-21-36(10)45(26-27)42(46-28(2)11-12-29(46)3)37-22-38-24-39(23-37)44(48-32(6)15-16-33(48)7)50-35(9)18-20-41(50)25-40-19-17-34(8)49(40)43(38)47-30(4)13-14-31(47)5/h22-24,27-36,40-41H,11-21,25-26H2,1-10H3/t27-,28-,29-,30-,31-,32-,33-,34-,35-,36-,40+,41+,45?,49?,50?/m0/s1. The number of fused-ring (bicyclic) bond motifs is 4. The first kappa shape index (κ1) is 38.1. The highest BCUT2D eigenvalue weighted by Gasteiger charge is 2.52. The molecule has 0 aromatic heterocycles. The van der Waals surface area contributed by atoms with Crippen LogP contribution in [0, 0.1) is 5.92 Å². The quantitative estimate of drug-likeness (QED) is 0.275. The molecule has 1 aromatic rings. The summed E-state index contributed by atoms with van der Waals surface area (Å²) in [6.45, 7) is 26.6. The van der Waals surface area contributed by atoms with Crippen LogP contribution in [-0.2, 0) is 0 Å². The fraction of sp³-hybridized carbons (Fsp3) is 0.854. The molecule has 50 heavy (non-hydrogen) atoms. The molecule has 7 heterocycles. The molecule has 6 saturated heterocycles. The van der Waals surface area contributed by atoms with Crippen molar-refractivity contribution in [1.29, 1.82) is 0 Å². The van der Waals surface area contributed by atoms with Crippen molar-refractivity contribution in [3.8, 4) is 0 Å². The van der Waals surface area contributed by atoms with Gasteiger partial charge in [0.15, 0.2) is 0 Å². The third-order valence-electron chi connectivity index (χ3n) is 14.4. The Morgan fingerprint density at radius 1 is 0.460 bits per heavy atom. The first-order valence-electron chi connectivity index (χ1n) is 21.2. The summed E-state index contributed by atoms with van der Waals surface area (Å²) in [7, 11) is -1.03. The lowest BCUT2D eigenvalue weighted by molar-refractivity contribution is 0.626. The van der Waals surface area contributed by atoms with Crippen molar-refractivity contribution in [2.75, 3.05) is 19.5 Å². The van der Waals surface area contributed by atoms with Crippen molar-refractivity contribution < 1.29 is 0 Å². The summed E-state index contributed by atoms with van der Waals surface area (Å²) in [5, 5.41) is 0. The monoisotopic (exact) mass is 791 g/mol. The lowest BCUT2D eigenvalue weighted by Crippen LogP contribution is -2.30. The van der Waals surface area contributed by atoms with Crippen LogP contribution >= 0.6 is 48.4 Å². The molecule has 0 saturated carbocycles. The number of rotatable bonds is 5. The number of benzene rings is 1. The second kappa shape index (κ2) is 15.3. The SMILES string of the molecule is C[C@H]1C[C@H](C)P(N(c2cc3cc(c2)N(P2[C@@H](C)CC[C@@H]2C)P2[C@H](CC[C@@H]2C)C[C@H]2CC[C@H](C)P2N3P2[C@@H](C)CC[C@@H]2C)P2[C@@H](C)CC[C@@H]2C)C1. The predicted octanol–water partition coefficient (Wildman–Crippen LogP) is 15.1. The normalized spacial score (nSPS) is 45.8. The van der Waals surface area contributed by atoms with Gasteiger partial charge in [0.25, 0.3) is 0 Å². The van der Waals surface area contributed by atoms with Crippen LogP contribution in [0.1, 0.15) is 146 Å². The van der Waals surface area contributed by atoms with Gasteiger partial charge in [0.05, 0.1) is 0 Å². The van der Waals surface area contributed by atoms with E-state index in [0.717, 1.165) is 68.2 Å². The van der Waals surface area contributed by atoms with E-state index in [1.807, 2.05) is 0 Å². The molecule has 0 N–H and O–H groups in total. The first-order valence-corrected chi connectivity index (χ1v) is 29.9. The van der Waals surface area contributed by atoms with Crippen LogP contribution in [0.3, 0.4) is 0 Å². The van der Waals surface area contributed by atoms with Crippen LogP contribution in [0.2, 0.25) is 0 Å². The van der Waals surface area contributed by atoms with E-state index in [-0.39, 0.29) is 48.4 Å². The number of anilines is 3. The Balaban J connectivity index is 1.38. The van der Waals surface area contributed by atoms with Crippen LogP contribution in [0.5, 0.6) is 0 Å². The molecule has 6 fully saturated rings. The second-order valence-corrected chi connectivity index (χ2v) is 36.3. The van der Waals surface area contributed by atoms with Gasteiger partial charge in [0.2, 0.25) is 0 Å². The second-order valence-electron chi connectivity index (χ2n) is 18.5. The van der Waals surface area contributed by atoms with Crippen molar-refractivity contribution in [2.45, 2.75) is 209 Å². The molecule has 0 radical (unpaired) electrons. The number of nitrogens with zero attached hydrogens (tertiary/aromatic N) is 3. The minimum Gasteiger partial charge on any atom is -0.328 e. The van der Waals surface area contributed by atoms with Crippen LogP contribution in [0.15, 0.2) is 18.2 Å². The van der Waals surface area contributed by atoms with Crippen LogP contribution < -0.4 is 13.3 Å². The van der Waals surface area contributed by atoms with Gasteiger partial charge in [0.1, 0.15) is 0 Å². The van der Waals surface area contributed by atoms with Crippen molar-refractivity contribution in [2.24, 2.45) is 5.92 Å². The molecule has 0 spiro atoms. The summed E-state index contributed by atoms with van der Waals surface area (Å²) < 4.78 is 9.95. The predicted molar refractivity (Wildman–Crippen MR) is 238 cm³/mol. The molecule has 3 nitrogen and oxygen atoms in total. The van der Waals surface area contributed by atoms with E-state index < -0.39 is 0 Å². The maximum atomic E-state index is 3.34. The Morgan fingerprint density at radius 3 is 1.28 bits per heavy atom. The highest BCUT2D eigenvalue weighted by atomic mass is 31.2. The van der Waals surface area contributed by atoms with Gasteiger partial charge in [-0.1, -0.05) is 69.2 Å². The number of hydrogen-bond acceptors (Lipinski definition) is 3. The molecule has 7 aliphatic heterocycles. The fourth-order valence-corrected chi connectivity index (χ4v) is 38.2. The van der Waals surface area contributed by atoms with Gasteiger partial charge in [-0.05, 0) is 178 Å². The molecule has 280 valence electrons. The summed E-state index contributed by atoms with van der Waals surface area (Å²) in [5.41, 5.74) is 14.8. The lowest BCUT2D eigenvalue weighted by Gasteiger charge is -2.50. The zero-order valence-electron chi connectivity index (χ0n) is 33.4. The maximum absolute atomic E-state index is 3.34. The van der Waals surface area contributed by atoms with Crippen molar-refractivity contribution in [1.82, 2.24) is 0 Å². The summed E-state index contributed by atoms with van der Waals surface area (Å²) in [5.74, 6) is 0.877. The first-order chi connectivity index (χ1) is 23.9. The van der Waals surface area contributed by atoms with Gasteiger partial charge in [-0.15, -0.1) is 0 Å². The van der Waals surface area contributed by atoms with E-state index in [4.69, 9.17) is 0 Å². The minimum absolute atomic E-state index is 0.161. The van der Waals surface area contributed by atoms with E-state index in [1.165, 1.54) is 76.8 Å². The summed E-state index contributed by atoms with van der Waals surface area (Å²) in [6.07, 6.45) is 19.1. The fourth-order valence-electron chi connectivity index (χ4n) is 11.9. The Bertz CT molecular complexity index is 1270. The molecule has 2 bridgehead atoms. The van der Waals surface area contributed by atoms with Crippen LogP contribution in [-0.4, -0.2) is 68.4 Å². The Kier molecular flexibility index (Phi) is 11.6. The zero-order chi connectivity index (χ0) is 35.2. The average Bonchev–Trinajstić information content (AvgIpc) is 3.92. The highest BCUT2D eigenvalue weighted by Crippen LogP contribution is 2.79. The topological polar surface area (TPSA) is 9.72 Å². The van der Waals surface area contributed by atoms with Crippen molar-refractivity contribution in [3.63, 3.8) is 0 Å². The van der Waals surface area contributed by atoms with E-state index in [0.29, 0.717) is 0 Å². The van der Waals surface area contributed by atoms with Gasteiger partial charge >= 0.3 is 0 Å². The molecule has 8 rings (SSSR count). The Morgan fingerprint density at radius 2 is 0.860 bits per heavy atom. The average molecular weight is 792 g/mol. The largest absolute Gasteiger partial charge is 0.328 e. The maximum Gasteiger partial charge on any atom is 0.0475 e. The molecule has 7 aliphatic rings. The zero-order valence-corrected chi connectivity index (χ0v) is 38.7. The van der Waals surface area contributed by atoms with E-state index >= 15 is 0 Å². The highest BCUT2D eigenvalue weighted by molar-refractivity contribution is 7.80. The molecule has 3 unspecified atom stereocenters. The molecular weight excluding hydrogens is 720 g/mol. The van der Waals surface area contributed by atoms with Crippen molar-refractivity contribution >= 4 is 65.5 Å². The molecular formula is C41H71N3P6. The summed E-state index contributed by atoms with van der Waals surface area (Å²) >= 11 is 0. The smallest absolute Gasteiger partial charge is 0.0475 e. The lowest BCUT2D eigenvalue weighted by atomic mass is 10.1.